The Bertz CT molecular complexity index is 1340. The van der Waals surface area contributed by atoms with Crippen LogP contribution in [0.2, 0.25) is 10.0 Å². The Kier molecular flexibility index (Phi) is 4.70. The van der Waals surface area contributed by atoms with Gasteiger partial charge in [0, 0.05) is 27.2 Å². The number of carbonyl (C=O) groups is 1. The van der Waals surface area contributed by atoms with Gasteiger partial charge in [0.05, 0.1) is 17.0 Å². The van der Waals surface area contributed by atoms with Gasteiger partial charge in [-0.25, -0.2) is 9.78 Å². The molecule has 9 heteroatoms. The molecule has 2 aromatic carbocycles. The zero-order valence-electron chi connectivity index (χ0n) is 16.5. The van der Waals surface area contributed by atoms with E-state index in [1.807, 2.05) is 18.2 Å². The average molecular weight is 464 g/mol. The van der Waals surface area contributed by atoms with Gasteiger partial charge in [-0.05, 0) is 42.0 Å². The van der Waals surface area contributed by atoms with Crippen LogP contribution in [0.15, 0.2) is 59.8 Å². The molecule has 0 aliphatic carbocycles. The maximum atomic E-state index is 12.9. The number of nitrogen functional groups attached to an aromatic ring is 2. The number of nitrogens with zero attached hydrogens (tertiary/aromatic N) is 3. The quantitative estimate of drug-likeness (QED) is 0.536. The fourth-order valence-corrected chi connectivity index (χ4v) is 4.45. The summed E-state index contributed by atoms with van der Waals surface area (Å²) in [6, 6.07) is 16.2. The molecule has 32 heavy (non-hydrogen) atoms. The Hall–Kier alpha value is -3.73. The predicted molar refractivity (Wildman–Crippen MR) is 123 cm³/mol. The number of aromatic nitrogens is 1. The van der Waals surface area contributed by atoms with Crippen molar-refractivity contribution in [1.29, 1.82) is 5.26 Å². The summed E-state index contributed by atoms with van der Waals surface area (Å²) in [4.78, 5) is 19.3. The van der Waals surface area contributed by atoms with Crippen molar-refractivity contribution in [3.05, 3.63) is 86.5 Å². The SMILES string of the molecule is N#Cc1c(N)nc2c(c1N)C(c1ccc(Cl)cc1)C1=C(COC1=O)N2c1ccc(Cl)cc1. The van der Waals surface area contributed by atoms with Gasteiger partial charge in [-0.3, -0.25) is 4.90 Å². The minimum Gasteiger partial charge on any atom is -0.456 e. The molecule has 5 rings (SSSR count). The molecule has 4 N–H and O–H groups in total. The molecular weight excluding hydrogens is 449 g/mol. The summed E-state index contributed by atoms with van der Waals surface area (Å²) in [6.45, 7) is 0.0574. The summed E-state index contributed by atoms with van der Waals surface area (Å²) in [7, 11) is 0. The maximum Gasteiger partial charge on any atom is 0.337 e. The van der Waals surface area contributed by atoms with Crippen molar-refractivity contribution in [1.82, 2.24) is 4.98 Å². The standard InChI is InChI=1S/C23H15Cl2N5O2/c24-12-3-1-11(2-4-12)17-18-16(10-32-23(18)31)30(14-7-5-13(25)6-8-14)22-19(17)20(27)15(9-26)21(28)29-22/h1-8,17H,10H2,(H4,27,28,29). The number of hydrogen-bond acceptors (Lipinski definition) is 7. The third-order valence-electron chi connectivity index (χ3n) is 5.61. The molecule has 0 saturated heterocycles. The van der Waals surface area contributed by atoms with Gasteiger partial charge in [0.1, 0.15) is 29.9 Å². The Morgan fingerprint density at radius 1 is 1.06 bits per heavy atom. The lowest BCUT2D eigenvalue weighted by Crippen LogP contribution is -2.30. The van der Waals surface area contributed by atoms with E-state index in [-0.39, 0.29) is 23.7 Å². The van der Waals surface area contributed by atoms with Crippen molar-refractivity contribution in [2.45, 2.75) is 5.92 Å². The molecule has 3 aromatic rings. The Labute approximate surface area is 193 Å². The number of halogens is 2. The van der Waals surface area contributed by atoms with Crippen molar-refractivity contribution >= 4 is 52.2 Å². The normalized spacial score (nSPS) is 17.0. The summed E-state index contributed by atoms with van der Waals surface area (Å²) in [5.41, 5.74) is 15.8. The van der Waals surface area contributed by atoms with Gasteiger partial charge in [-0.2, -0.15) is 5.26 Å². The van der Waals surface area contributed by atoms with Crippen molar-refractivity contribution in [3.63, 3.8) is 0 Å². The van der Waals surface area contributed by atoms with Gasteiger partial charge < -0.3 is 16.2 Å². The number of fused-ring (bicyclic) bond motifs is 1. The van der Waals surface area contributed by atoms with Crippen molar-refractivity contribution in [2.75, 3.05) is 23.0 Å². The number of esters is 1. The number of cyclic esters (lactones) is 1. The molecule has 158 valence electrons. The lowest BCUT2D eigenvalue weighted by molar-refractivity contribution is -0.136. The molecule has 3 heterocycles. The lowest BCUT2D eigenvalue weighted by atomic mass is 9.80. The molecule has 0 spiro atoms. The second-order valence-electron chi connectivity index (χ2n) is 7.37. The van der Waals surface area contributed by atoms with Crippen molar-refractivity contribution in [2.24, 2.45) is 0 Å². The van der Waals surface area contributed by atoms with Crippen LogP contribution in [0.4, 0.5) is 23.0 Å². The van der Waals surface area contributed by atoms with E-state index in [0.717, 1.165) is 5.56 Å². The van der Waals surface area contributed by atoms with Gasteiger partial charge in [0.2, 0.25) is 0 Å². The Morgan fingerprint density at radius 3 is 2.31 bits per heavy atom. The molecule has 0 bridgehead atoms. The van der Waals surface area contributed by atoms with Crippen LogP contribution in [-0.4, -0.2) is 17.6 Å². The van der Waals surface area contributed by atoms with E-state index < -0.39 is 11.9 Å². The first-order valence-corrected chi connectivity index (χ1v) is 10.4. The molecular formula is C23H15Cl2N5O2. The number of anilines is 4. The third kappa shape index (κ3) is 2.96. The number of ether oxygens (including phenoxy) is 1. The first kappa shape index (κ1) is 20.2. The van der Waals surface area contributed by atoms with Crippen LogP contribution in [0.5, 0.6) is 0 Å². The summed E-state index contributed by atoms with van der Waals surface area (Å²) >= 11 is 12.2. The number of pyridine rings is 1. The maximum absolute atomic E-state index is 12.9. The minimum absolute atomic E-state index is 0.00635. The van der Waals surface area contributed by atoms with Crippen LogP contribution in [0.25, 0.3) is 0 Å². The highest BCUT2D eigenvalue weighted by Crippen LogP contribution is 2.52. The molecule has 0 radical (unpaired) electrons. The molecule has 2 aliphatic heterocycles. The minimum atomic E-state index is -0.601. The second-order valence-corrected chi connectivity index (χ2v) is 8.24. The van der Waals surface area contributed by atoms with Gasteiger partial charge in [0.15, 0.2) is 0 Å². The largest absolute Gasteiger partial charge is 0.456 e. The highest BCUT2D eigenvalue weighted by Gasteiger charge is 2.45. The fourth-order valence-electron chi connectivity index (χ4n) is 4.20. The smallest absolute Gasteiger partial charge is 0.337 e. The molecule has 0 fully saturated rings. The van der Waals surface area contributed by atoms with Gasteiger partial charge in [0.25, 0.3) is 0 Å². The molecule has 1 aromatic heterocycles. The Balaban J connectivity index is 1.86. The average Bonchev–Trinajstić information content (AvgIpc) is 3.15. The number of rotatable bonds is 2. The summed E-state index contributed by atoms with van der Waals surface area (Å²) < 4.78 is 5.44. The first-order valence-electron chi connectivity index (χ1n) is 9.61. The van der Waals surface area contributed by atoms with Crippen molar-refractivity contribution < 1.29 is 9.53 Å². The topological polar surface area (TPSA) is 118 Å². The zero-order valence-corrected chi connectivity index (χ0v) is 18.0. The second kappa shape index (κ2) is 7.45. The van der Waals surface area contributed by atoms with E-state index in [4.69, 9.17) is 39.4 Å². The van der Waals surface area contributed by atoms with Crippen LogP contribution in [-0.2, 0) is 9.53 Å². The molecule has 2 aliphatic rings. The first-order chi connectivity index (χ1) is 15.4. The molecule has 1 atom stereocenters. The van der Waals surface area contributed by atoms with Crippen LogP contribution < -0.4 is 16.4 Å². The van der Waals surface area contributed by atoms with Crippen LogP contribution in [0, 0.1) is 11.3 Å². The van der Waals surface area contributed by atoms with Crippen LogP contribution in [0.3, 0.4) is 0 Å². The fraction of sp³-hybridized carbons (Fsp3) is 0.0870. The molecule has 7 nitrogen and oxygen atoms in total. The Morgan fingerprint density at radius 2 is 1.69 bits per heavy atom. The van der Waals surface area contributed by atoms with E-state index in [0.29, 0.717) is 38.4 Å². The van der Waals surface area contributed by atoms with Gasteiger partial charge >= 0.3 is 5.97 Å². The summed E-state index contributed by atoms with van der Waals surface area (Å²) in [5, 5.41) is 10.8. The highest BCUT2D eigenvalue weighted by molar-refractivity contribution is 6.30. The number of benzene rings is 2. The van der Waals surface area contributed by atoms with Gasteiger partial charge in [-0.15, -0.1) is 0 Å². The highest BCUT2D eigenvalue weighted by atomic mass is 35.5. The van der Waals surface area contributed by atoms with Gasteiger partial charge in [-0.1, -0.05) is 35.3 Å². The van der Waals surface area contributed by atoms with E-state index in [2.05, 4.69) is 4.98 Å². The summed E-state index contributed by atoms with van der Waals surface area (Å²) in [5.74, 6) is -0.625. The van der Waals surface area contributed by atoms with Crippen LogP contribution in [0.1, 0.15) is 22.6 Å². The summed E-state index contributed by atoms with van der Waals surface area (Å²) in [6.07, 6.45) is 0. The van der Waals surface area contributed by atoms with Crippen molar-refractivity contribution in [3.8, 4) is 6.07 Å². The number of carbonyl (C=O) groups excluding carboxylic acids is 1. The monoisotopic (exact) mass is 463 g/mol. The molecule has 0 saturated carbocycles. The van der Waals surface area contributed by atoms with Crippen LogP contribution >= 0.6 is 23.2 Å². The predicted octanol–water partition coefficient (Wildman–Crippen LogP) is 4.52. The number of nitrogens with two attached hydrogens (primary N) is 2. The number of nitriles is 1. The number of hydrogen-bond donors (Lipinski definition) is 2. The van der Waals surface area contributed by atoms with E-state index >= 15 is 0 Å². The van der Waals surface area contributed by atoms with E-state index in [1.54, 1.807) is 41.3 Å². The van der Waals surface area contributed by atoms with E-state index in [1.165, 1.54) is 0 Å². The van der Waals surface area contributed by atoms with E-state index in [9.17, 15) is 10.1 Å². The zero-order chi connectivity index (χ0) is 22.6. The third-order valence-corrected chi connectivity index (χ3v) is 6.12. The molecule has 0 amide bonds. The molecule has 1 unspecified atom stereocenters. The lowest BCUT2D eigenvalue weighted by Gasteiger charge is -2.35.